The van der Waals surface area contributed by atoms with Crippen molar-refractivity contribution < 1.29 is 14.3 Å². The van der Waals surface area contributed by atoms with Gasteiger partial charge in [-0.2, -0.15) is 5.10 Å². The summed E-state index contributed by atoms with van der Waals surface area (Å²) in [6.45, 7) is 2.41. The summed E-state index contributed by atoms with van der Waals surface area (Å²) in [6, 6.07) is 15.7. The highest BCUT2D eigenvalue weighted by Crippen LogP contribution is 2.48. The number of benzene rings is 2. The van der Waals surface area contributed by atoms with Crippen LogP contribution in [0.4, 0.5) is 5.69 Å². The molecule has 0 N–H and O–H groups in total. The number of nitrogens with zero attached hydrogens (tertiary/aromatic N) is 3. The van der Waals surface area contributed by atoms with E-state index in [0.717, 1.165) is 28.8 Å². The van der Waals surface area contributed by atoms with Crippen molar-refractivity contribution in [2.75, 3.05) is 25.7 Å². The third-order valence-corrected chi connectivity index (χ3v) is 5.81. The minimum atomic E-state index is -0.731. The molecule has 0 bridgehead atoms. The van der Waals surface area contributed by atoms with Crippen molar-refractivity contribution in [1.82, 2.24) is 4.90 Å². The first-order chi connectivity index (χ1) is 14.0. The van der Waals surface area contributed by atoms with E-state index in [1.165, 1.54) is 0 Å². The van der Waals surface area contributed by atoms with Crippen LogP contribution in [0.1, 0.15) is 24.0 Å². The Bertz CT molecular complexity index is 971. The van der Waals surface area contributed by atoms with E-state index in [2.05, 4.69) is 0 Å². The highest BCUT2D eigenvalue weighted by Gasteiger charge is 2.56. The number of aryl methyl sites for hydroxylation is 1. The summed E-state index contributed by atoms with van der Waals surface area (Å²) in [6.07, 6.45) is 1.73. The number of hydrazone groups is 1. The first-order valence-corrected chi connectivity index (χ1v) is 9.81. The largest absolute Gasteiger partial charge is 0.489 e. The molecule has 0 radical (unpaired) electrons. The number of carbonyl (C=O) groups is 2. The molecule has 2 aromatic rings. The maximum atomic E-state index is 13.3. The quantitative estimate of drug-likeness (QED) is 0.736. The zero-order valence-corrected chi connectivity index (χ0v) is 17.0. The third kappa shape index (κ3) is 2.99. The molecule has 0 saturated heterocycles. The van der Waals surface area contributed by atoms with E-state index in [0.29, 0.717) is 25.2 Å². The Morgan fingerprint density at radius 1 is 1.28 bits per heavy atom. The number of ether oxygens (including phenoxy) is 1. The summed E-state index contributed by atoms with van der Waals surface area (Å²) in [4.78, 5) is 26.2. The second kappa shape index (κ2) is 7.35. The van der Waals surface area contributed by atoms with Crippen molar-refractivity contribution in [2.24, 2.45) is 5.10 Å². The lowest BCUT2D eigenvalue weighted by molar-refractivity contribution is -0.122. The molecule has 2 atom stereocenters. The van der Waals surface area contributed by atoms with Crippen LogP contribution in [0.25, 0.3) is 0 Å². The lowest BCUT2D eigenvalue weighted by Gasteiger charge is -2.41. The molecule has 2 aliphatic heterocycles. The van der Waals surface area contributed by atoms with Crippen LogP contribution < -0.4 is 9.75 Å². The first-order valence-electron chi connectivity index (χ1n) is 9.81. The minimum absolute atomic E-state index is 0.150. The van der Waals surface area contributed by atoms with E-state index < -0.39 is 5.41 Å². The van der Waals surface area contributed by atoms with Gasteiger partial charge in [0.1, 0.15) is 36.1 Å². The SMILES string of the molecule is Cc1ccc2c(c1)N1N=C(C(=O)N(C)C)[C@](CCC=O)(c3ccccc3)[C@@H]1CO2. The highest BCUT2D eigenvalue weighted by atomic mass is 16.5. The summed E-state index contributed by atoms with van der Waals surface area (Å²) in [5.74, 6) is 0.606. The van der Waals surface area contributed by atoms with Crippen LogP contribution in [-0.2, 0) is 15.0 Å². The summed E-state index contributed by atoms with van der Waals surface area (Å²) in [7, 11) is 3.46. The van der Waals surface area contributed by atoms with Gasteiger partial charge in [0.05, 0.1) is 5.41 Å². The number of rotatable bonds is 5. The second-order valence-corrected chi connectivity index (χ2v) is 7.83. The first kappa shape index (κ1) is 19.2. The van der Waals surface area contributed by atoms with Gasteiger partial charge < -0.3 is 14.4 Å². The molecular formula is C23H25N3O3. The molecule has 2 heterocycles. The Morgan fingerprint density at radius 2 is 2.03 bits per heavy atom. The molecule has 29 heavy (non-hydrogen) atoms. The predicted octanol–water partition coefficient (Wildman–Crippen LogP) is 2.94. The van der Waals surface area contributed by atoms with Gasteiger partial charge >= 0.3 is 0 Å². The van der Waals surface area contributed by atoms with Crippen LogP contribution in [0.2, 0.25) is 0 Å². The molecular weight excluding hydrogens is 366 g/mol. The van der Waals surface area contributed by atoms with Crippen molar-refractivity contribution in [3.63, 3.8) is 0 Å². The molecule has 0 aliphatic carbocycles. The smallest absolute Gasteiger partial charge is 0.270 e. The molecule has 0 aromatic heterocycles. The van der Waals surface area contributed by atoms with Crippen molar-refractivity contribution in [3.8, 4) is 5.75 Å². The number of aldehydes is 1. The van der Waals surface area contributed by atoms with Gasteiger partial charge in [-0.3, -0.25) is 9.80 Å². The summed E-state index contributed by atoms with van der Waals surface area (Å²) < 4.78 is 6.11. The van der Waals surface area contributed by atoms with Gasteiger partial charge in [-0.25, -0.2) is 0 Å². The summed E-state index contributed by atoms with van der Waals surface area (Å²) >= 11 is 0. The molecule has 2 aliphatic rings. The van der Waals surface area contributed by atoms with E-state index >= 15 is 0 Å². The molecule has 6 heteroatoms. The molecule has 0 spiro atoms. The molecule has 1 amide bonds. The van der Waals surface area contributed by atoms with Gasteiger partial charge in [-0.15, -0.1) is 0 Å². The number of fused-ring (bicyclic) bond motifs is 3. The average Bonchev–Trinajstić information content (AvgIpc) is 3.07. The van der Waals surface area contributed by atoms with Gasteiger partial charge in [0.15, 0.2) is 0 Å². The zero-order valence-electron chi connectivity index (χ0n) is 17.0. The van der Waals surface area contributed by atoms with E-state index in [4.69, 9.17) is 9.84 Å². The molecule has 2 aromatic carbocycles. The Hall–Kier alpha value is -3.15. The maximum absolute atomic E-state index is 13.3. The lowest BCUT2D eigenvalue weighted by atomic mass is 9.67. The predicted molar refractivity (Wildman–Crippen MR) is 112 cm³/mol. The van der Waals surface area contributed by atoms with Crippen molar-refractivity contribution in [3.05, 3.63) is 59.7 Å². The molecule has 6 nitrogen and oxygen atoms in total. The number of hydrogen-bond donors (Lipinski definition) is 0. The fourth-order valence-electron chi connectivity index (χ4n) is 4.39. The summed E-state index contributed by atoms with van der Waals surface area (Å²) in [5.41, 5.74) is 2.65. The molecule has 150 valence electrons. The highest BCUT2D eigenvalue weighted by molar-refractivity contribution is 6.43. The van der Waals surface area contributed by atoms with Gasteiger partial charge in [0.25, 0.3) is 5.91 Å². The van der Waals surface area contributed by atoms with E-state index in [9.17, 15) is 9.59 Å². The van der Waals surface area contributed by atoms with Gasteiger partial charge in [0.2, 0.25) is 0 Å². The van der Waals surface area contributed by atoms with Crippen LogP contribution >= 0.6 is 0 Å². The Labute approximate surface area is 170 Å². The van der Waals surface area contributed by atoms with E-state index in [1.54, 1.807) is 19.0 Å². The number of amides is 1. The number of hydrogen-bond acceptors (Lipinski definition) is 5. The topological polar surface area (TPSA) is 62.2 Å². The Kier molecular flexibility index (Phi) is 4.86. The van der Waals surface area contributed by atoms with Crippen molar-refractivity contribution >= 4 is 23.6 Å². The maximum Gasteiger partial charge on any atom is 0.270 e. The standard InChI is InChI=1S/C23H25N3O3/c1-16-10-11-19-18(14-16)26-20(15-29-19)23(12-7-13-27,17-8-5-4-6-9-17)21(24-26)22(28)25(2)3/h4-6,8-11,13-14,20H,7,12,15H2,1-3H3/t20-,23+/m0/s1. The van der Waals surface area contributed by atoms with Crippen LogP contribution in [-0.4, -0.2) is 49.5 Å². The molecule has 0 fully saturated rings. The lowest BCUT2D eigenvalue weighted by Crippen LogP contribution is -2.55. The second-order valence-electron chi connectivity index (χ2n) is 7.83. The average molecular weight is 391 g/mol. The number of anilines is 1. The van der Waals surface area contributed by atoms with Crippen LogP contribution in [0.3, 0.4) is 0 Å². The third-order valence-electron chi connectivity index (χ3n) is 5.81. The summed E-state index contributed by atoms with van der Waals surface area (Å²) in [5, 5.41) is 6.79. The zero-order chi connectivity index (χ0) is 20.6. The molecule has 4 rings (SSSR count). The van der Waals surface area contributed by atoms with Gasteiger partial charge in [0, 0.05) is 20.5 Å². The van der Waals surface area contributed by atoms with Gasteiger partial charge in [-0.1, -0.05) is 36.4 Å². The fraction of sp³-hybridized carbons (Fsp3) is 0.348. The minimum Gasteiger partial charge on any atom is -0.489 e. The Balaban J connectivity index is 1.94. The molecule has 0 unspecified atom stereocenters. The van der Waals surface area contributed by atoms with Crippen molar-refractivity contribution in [1.29, 1.82) is 0 Å². The van der Waals surface area contributed by atoms with Gasteiger partial charge in [-0.05, 0) is 36.6 Å². The van der Waals surface area contributed by atoms with Crippen LogP contribution in [0.5, 0.6) is 5.75 Å². The Morgan fingerprint density at radius 3 is 2.72 bits per heavy atom. The van der Waals surface area contributed by atoms with Crippen LogP contribution in [0.15, 0.2) is 53.6 Å². The molecule has 0 saturated carbocycles. The normalized spacial score (nSPS) is 22.2. The monoisotopic (exact) mass is 391 g/mol. The number of carbonyl (C=O) groups excluding carboxylic acids is 2. The fourth-order valence-corrected chi connectivity index (χ4v) is 4.39. The van der Waals surface area contributed by atoms with Crippen LogP contribution in [0, 0.1) is 6.92 Å². The van der Waals surface area contributed by atoms with E-state index in [-0.39, 0.29) is 11.9 Å². The van der Waals surface area contributed by atoms with Crippen molar-refractivity contribution in [2.45, 2.75) is 31.2 Å². The van der Waals surface area contributed by atoms with E-state index in [1.807, 2.05) is 60.5 Å².